The molecule has 5 heteroatoms. The van der Waals surface area contributed by atoms with Crippen LogP contribution in [-0.2, 0) is 5.88 Å². The molecule has 0 N–H and O–H groups in total. The van der Waals surface area contributed by atoms with E-state index in [2.05, 4.69) is 15.9 Å². The second-order valence-corrected chi connectivity index (χ2v) is 5.16. The number of ether oxygens (including phenoxy) is 1. The lowest BCUT2D eigenvalue weighted by molar-refractivity contribution is 0.473. The van der Waals surface area contributed by atoms with Gasteiger partial charge in [-0.15, -0.1) is 11.6 Å². The molecule has 0 heterocycles. The Kier molecular flexibility index (Phi) is 4.49. The predicted octanol–water partition coefficient (Wildman–Crippen LogP) is 5.77. The molecule has 0 saturated heterocycles. The minimum atomic E-state index is -0.381. The Balaban J connectivity index is 2.30. The Bertz CT molecular complexity index is 575. The average Bonchev–Trinajstić information content (AvgIpc) is 2.32. The molecule has 0 unspecified atom stereocenters. The van der Waals surface area contributed by atoms with Gasteiger partial charge >= 0.3 is 0 Å². The quantitative estimate of drug-likeness (QED) is 0.639. The fourth-order valence-electron chi connectivity index (χ4n) is 1.44. The Morgan fingerprint density at radius 1 is 1.17 bits per heavy atom. The number of hydrogen-bond donors (Lipinski definition) is 0. The molecule has 0 spiro atoms. The van der Waals surface area contributed by atoms with Crippen molar-refractivity contribution in [3.05, 3.63) is 57.3 Å². The fraction of sp³-hybridized carbons (Fsp3) is 0.0769. The molecule has 0 radical (unpaired) electrons. The molecule has 0 bridgehead atoms. The van der Waals surface area contributed by atoms with Gasteiger partial charge in [-0.2, -0.15) is 0 Å². The second-order valence-electron chi connectivity index (χ2n) is 3.61. The number of benzene rings is 2. The summed E-state index contributed by atoms with van der Waals surface area (Å²) in [5.74, 6) is 0.808. The molecular weight excluding hydrogens is 342 g/mol. The van der Waals surface area contributed by atoms with Gasteiger partial charge in [0, 0.05) is 17.0 Å². The summed E-state index contributed by atoms with van der Waals surface area (Å²) >= 11 is 14.8. The maximum atomic E-state index is 13.3. The molecule has 2 aromatic rings. The SMILES string of the molecule is Fc1cc(CCl)cc(Oc2ccc(Cl)cc2Br)c1. The third-order valence-corrected chi connectivity index (χ3v) is 3.37. The minimum Gasteiger partial charge on any atom is -0.456 e. The molecule has 2 aromatic carbocycles. The van der Waals surface area contributed by atoms with Gasteiger partial charge in [-0.1, -0.05) is 11.6 Å². The largest absolute Gasteiger partial charge is 0.456 e. The zero-order valence-corrected chi connectivity index (χ0v) is 12.2. The number of halogens is 4. The van der Waals surface area contributed by atoms with E-state index in [0.717, 1.165) is 0 Å². The van der Waals surface area contributed by atoms with Crippen molar-refractivity contribution >= 4 is 39.1 Å². The van der Waals surface area contributed by atoms with E-state index in [4.69, 9.17) is 27.9 Å². The van der Waals surface area contributed by atoms with Crippen LogP contribution in [-0.4, -0.2) is 0 Å². The molecule has 0 amide bonds. The van der Waals surface area contributed by atoms with Crippen LogP contribution in [0.15, 0.2) is 40.9 Å². The van der Waals surface area contributed by atoms with Gasteiger partial charge in [0.1, 0.15) is 17.3 Å². The van der Waals surface area contributed by atoms with E-state index in [1.807, 2.05) is 0 Å². The van der Waals surface area contributed by atoms with E-state index in [9.17, 15) is 4.39 Å². The lowest BCUT2D eigenvalue weighted by atomic mass is 10.2. The summed E-state index contributed by atoms with van der Waals surface area (Å²) in [6.45, 7) is 0. The zero-order valence-electron chi connectivity index (χ0n) is 9.09. The van der Waals surface area contributed by atoms with Gasteiger partial charge in [0.2, 0.25) is 0 Å². The van der Waals surface area contributed by atoms with Crippen molar-refractivity contribution in [2.24, 2.45) is 0 Å². The average molecular weight is 350 g/mol. The maximum Gasteiger partial charge on any atom is 0.141 e. The monoisotopic (exact) mass is 348 g/mol. The van der Waals surface area contributed by atoms with Crippen molar-refractivity contribution in [1.82, 2.24) is 0 Å². The number of alkyl halides is 1. The highest BCUT2D eigenvalue weighted by atomic mass is 79.9. The molecule has 0 saturated carbocycles. The van der Waals surface area contributed by atoms with Crippen LogP contribution in [0, 0.1) is 5.82 Å². The highest BCUT2D eigenvalue weighted by Gasteiger charge is 2.06. The van der Waals surface area contributed by atoms with E-state index >= 15 is 0 Å². The van der Waals surface area contributed by atoms with Crippen LogP contribution in [0.2, 0.25) is 5.02 Å². The van der Waals surface area contributed by atoms with Crippen molar-refractivity contribution in [3.8, 4) is 11.5 Å². The molecule has 1 nitrogen and oxygen atoms in total. The molecule has 0 atom stereocenters. The molecule has 0 aliphatic heterocycles. The molecule has 18 heavy (non-hydrogen) atoms. The first-order chi connectivity index (χ1) is 8.58. The van der Waals surface area contributed by atoms with Crippen LogP contribution < -0.4 is 4.74 Å². The standard InChI is InChI=1S/C13H8BrCl2FO/c14-12-5-9(16)1-2-13(12)18-11-4-8(7-15)3-10(17)6-11/h1-6H,7H2. The van der Waals surface area contributed by atoms with Crippen LogP contribution in [0.4, 0.5) is 4.39 Å². The first-order valence-electron chi connectivity index (χ1n) is 5.07. The van der Waals surface area contributed by atoms with Gasteiger partial charge in [0.15, 0.2) is 0 Å². The topological polar surface area (TPSA) is 9.23 Å². The van der Waals surface area contributed by atoms with Crippen molar-refractivity contribution in [3.63, 3.8) is 0 Å². The number of hydrogen-bond acceptors (Lipinski definition) is 1. The molecule has 0 aliphatic carbocycles. The Morgan fingerprint density at radius 3 is 2.61 bits per heavy atom. The third-order valence-electron chi connectivity index (χ3n) is 2.21. The number of rotatable bonds is 3. The van der Waals surface area contributed by atoms with Crippen LogP contribution in [0.5, 0.6) is 11.5 Å². The summed E-state index contributed by atoms with van der Waals surface area (Å²) in [6, 6.07) is 9.48. The summed E-state index contributed by atoms with van der Waals surface area (Å²) < 4.78 is 19.6. The van der Waals surface area contributed by atoms with E-state index < -0.39 is 0 Å². The second kappa shape index (κ2) is 5.91. The van der Waals surface area contributed by atoms with Crippen LogP contribution in [0.25, 0.3) is 0 Å². The van der Waals surface area contributed by atoms with Gasteiger partial charge in [0.25, 0.3) is 0 Å². The molecule has 2 rings (SSSR count). The first-order valence-corrected chi connectivity index (χ1v) is 6.77. The molecule has 94 valence electrons. The Labute approximate surface area is 123 Å². The molecule has 0 aromatic heterocycles. The third kappa shape index (κ3) is 3.37. The normalized spacial score (nSPS) is 10.4. The van der Waals surface area contributed by atoms with E-state index in [1.54, 1.807) is 24.3 Å². The van der Waals surface area contributed by atoms with Gasteiger partial charge in [-0.25, -0.2) is 4.39 Å². The highest BCUT2D eigenvalue weighted by molar-refractivity contribution is 9.10. The molecule has 0 aliphatic rings. The van der Waals surface area contributed by atoms with Crippen molar-refractivity contribution in [1.29, 1.82) is 0 Å². The van der Waals surface area contributed by atoms with Gasteiger partial charge in [-0.05, 0) is 51.8 Å². The summed E-state index contributed by atoms with van der Waals surface area (Å²) in [4.78, 5) is 0. The van der Waals surface area contributed by atoms with E-state index in [-0.39, 0.29) is 11.7 Å². The molecule has 0 fully saturated rings. The van der Waals surface area contributed by atoms with Crippen LogP contribution >= 0.6 is 39.1 Å². The summed E-state index contributed by atoms with van der Waals surface area (Å²) in [6.07, 6.45) is 0. The fourth-order valence-corrected chi connectivity index (χ4v) is 2.36. The van der Waals surface area contributed by atoms with E-state index in [0.29, 0.717) is 26.6 Å². The van der Waals surface area contributed by atoms with Gasteiger partial charge < -0.3 is 4.74 Å². The van der Waals surface area contributed by atoms with Crippen molar-refractivity contribution < 1.29 is 9.13 Å². The van der Waals surface area contributed by atoms with Crippen LogP contribution in [0.3, 0.4) is 0 Å². The summed E-state index contributed by atoms with van der Waals surface area (Å²) in [5.41, 5.74) is 0.664. The molecular formula is C13H8BrCl2FO. The zero-order chi connectivity index (χ0) is 13.1. The van der Waals surface area contributed by atoms with Crippen molar-refractivity contribution in [2.45, 2.75) is 5.88 Å². The Hall–Kier alpha value is -0.770. The first kappa shape index (κ1) is 13.7. The predicted molar refractivity (Wildman–Crippen MR) is 75.2 cm³/mol. The smallest absolute Gasteiger partial charge is 0.141 e. The summed E-state index contributed by atoms with van der Waals surface area (Å²) in [7, 11) is 0. The van der Waals surface area contributed by atoms with Gasteiger partial charge in [-0.3, -0.25) is 0 Å². The van der Waals surface area contributed by atoms with Gasteiger partial charge in [0.05, 0.1) is 4.47 Å². The highest BCUT2D eigenvalue weighted by Crippen LogP contribution is 2.32. The van der Waals surface area contributed by atoms with Crippen LogP contribution in [0.1, 0.15) is 5.56 Å². The summed E-state index contributed by atoms with van der Waals surface area (Å²) in [5, 5.41) is 0.593. The minimum absolute atomic E-state index is 0.232. The van der Waals surface area contributed by atoms with E-state index in [1.165, 1.54) is 12.1 Å². The van der Waals surface area contributed by atoms with Crippen molar-refractivity contribution in [2.75, 3.05) is 0 Å². The Morgan fingerprint density at radius 2 is 1.94 bits per heavy atom. The lowest BCUT2D eigenvalue weighted by Crippen LogP contribution is -1.89. The maximum absolute atomic E-state index is 13.3. The lowest BCUT2D eigenvalue weighted by Gasteiger charge is -2.09.